The van der Waals surface area contributed by atoms with Gasteiger partial charge in [-0.1, -0.05) is 62.4 Å². The van der Waals surface area contributed by atoms with Crippen molar-refractivity contribution in [2.75, 3.05) is 31.3 Å². The highest BCUT2D eigenvalue weighted by atomic mass is 35.5. The van der Waals surface area contributed by atoms with Crippen molar-refractivity contribution in [1.29, 1.82) is 0 Å². The lowest BCUT2D eigenvalue weighted by Gasteiger charge is -2.51. The topological polar surface area (TPSA) is 69.0 Å². The first-order valence-corrected chi connectivity index (χ1v) is 12.8. The van der Waals surface area contributed by atoms with Gasteiger partial charge in [0.05, 0.1) is 12.1 Å². The molecule has 1 aromatic heterocycles. The minimum Gasteiger partial charge on any atom is -0.502 e. The SMILES string of the molecule is CC(C)CN1CC(N2CN(C3c4ccccc4CCc4ccccc43)n3ccc(=O)c(O)c3C2=O)C1.Cl. The molecule has 3 heterocycles. The fourth-order valence-corrected chi connectivity index (χ4v) is 6.06. The van der Waals surface area contributed by atoms with E-state index in [1.54, 1.807) is 10.9 Å². The van der Waals surface area contributed by atoms with Crippen molar-refractivity contribution >= 4 is 18.3 Å². The molecule has 3 aliphatic rings. The van der Waals surface area contributed by atoms with Crippen molar-refractivity contribution in [2.45, 2.75) is 38.8 Å². The molecule has 2 aromatic carbocycles. The van der Waals surface area contributed by atoms with Crippen molar-refractivity contribution in [2.24, 2.45) is 5.92 Å². The number of amides is 1. The van der Waals surface area contributed by atoms with Crippen LogP contribution in [0.25, 0.3) is 0 Å². The number of hydrogen-bond donors (Lipinski definition) is 1. The second kappa shape index (κ2) is 9.88. The molecule has 1 aliphatic carbocycles. The first-order chi connectivity index (χ1) is 17.4. The number of likely N-dealkylation sites (tertiary alicyclic amines) is 1. The zero-order chi connectivity index (χ0) is 25.0. The predicted octanol–water partition coefficient (Wildman–Crippen LogP) is 3.56. The third-order valence-corrected chi connectivity index (χ3v) is 7.75. The lowest BCUT2D eigenvalue weighted by molar-refractivity contribution is 0.0139. The Morgan fingerprint density at radius 3 is 2.11 bits per heavy atom. The molecule has 7 nitrogen and oxygen atoms in total. The largest absolute Gasteiger partial charge is 0.502 e. The van der Waals surface area contributed by atoms with Crippen LogP contribution in [0.5, 0.6) is 5.75 Å². The smallest absolute Gasteiger partial charge is 0.278 e. The number of fused-ring (bicyclic) bond motifs is 3. The van der Waals surface area contributed by atoms with Crippen LogP contribution in [0.15, 0.2) is 65.6 Å². The summed E-state index contributed by atoms with van der Waals surface area (Å²) < 4.78 is 1.71. The molecule has 0 atom stereocenters. The molecule has 3 aromatic rings. The molecule has 0 bridgehead atoms. The van der Waals surface area contributed by atoms with Gasteiger partial charge in [-0.3, -0.25) is 24.2 Å². The molecule has 6 rings (SSSR count). The number of aromatic nitrogens is 1. The van der Waals surface area contributed by atoms with Crippen LogP contribution >= 0.6 is 12.4 Å². The quantitative estimate of drug-likeness (QED) is 0.570. The first-order valence-electron chi connectivity index (χ1n) is 12.8. The van der Waals surface area contributed by atoms with Gasteiger partial charge < -0.3 is 10.0 Å². The van der Waals surface area contributed by atoms with Gasteiger partial charge in [0.15, 0.2) is 11.4 Å². The second-order valence-corrected chi connectivity index (χ2v) is 10.6. The van der Waals surface area contributed by atoms with Crippen molar-refractivity contribution < 1.29 is 9.90 Å². The maximum Gasteiger partial charge on any atom is 0.278 e. The van der Waals surface area contributed by atoms with Crippen molar-refractivity contribution in [3.8, 4) is 5.75 Å². The van der Waals surface area contributed by atoms with E-state index in [0.717, 1.165) is 32.5 Å². The molecule has 1 amide bonds. The third-order valence-electron chi connectivity index (χ3n) is 7.75. The lowest BCUT2D eigenvalue weighted by atomic mass is 9.94. The zero-order valence-electron chi connectivity index (χ0n) is 21.2. The van der Waals surface area contributed by atoms with E-state index in [1.165, 1.54) is 28.3 Å². The highest BCUT2D eigenvalue weighted by molar-refractivity contribution is 5.96. The van der Waals surface area contributed by atoms with Crippen molar-refractivity contribution in [3.05, 3.63) is 99.0 Å². The highest BCUT2D eigenvalue weighted by Gasteiger charge is 2.43. The Bertz CT molecular complexity index is 1330. The third kappa shape index (κ3) is 4.30. The van der Waals surface area contributed by atoms with Crippen molar-refractivity contribution in [3.63, 3.8) is 0 Å². The molecule has 2 aliphatic heterocycles. The zero-order valence-corrected chi connectivity index (χ0v) is 22.0. The summed E-state index contributed by atoms with van der Waals surface area (Å²) in [5.41, 5.74) is 4.46. The van der Waals surface area contributed by atoms with Gasteiger partial charge in [-0.25, -0.2) is 0 Å². The van der Waals surface area contributed by atoms with Crippen LogP contribution in [-0.4, -0.2) is 57.8 Å². The Morgan fingerprint density at radius 1 is 0.919 bits per heavy atom. The standard InChI is InChI=1S/C29H32N4O3.ClH/c1-19(2)15-30-16-22(17-30)31-18-33(32-14-13-25(34)28(35)27(32)29(31)36)26-23-9-5-3-7-20(23)11-12-21-8-4-6-10-24(21)26;/h3-10,13-14,19,22,26,35H,11-12,15-18H2,1-2H3;1H. The van der Waals surface area contributed by atoms with E-state index in [0.29, 0.717) is 12.6 Å². The molecule has 0 spiro atoms. The Labute approximate surface area is 223 Å². The van der Waals surface area contributed by atoms with Gasteiger partial charge in [-0.05, 0) is 41.0 Å². The molecule has 0 radical (unpaired) electrons. The molecule has 0 unspecified atom stereocenters. The number of carbonyl (C=O) groups is 1. The monoisotopic (exact) mass is 520 g/mol. The maximum absolute atomic E-state index is 13.7. The summed E-state index contributed by atoms with van der Waals surface area (Å²) in [6, 6.07) is 18.2. The normalized spacial score (nSPS) is 18.0. The number of benzene rings is 2. The molecular formula is C29H33ClN4O3. The molecule has 1 N–H and O–H groups in total. The Balaban J connectivity index is 0.00000280. The molecule has 1 saturated heterocycles. The van der Waals surface area contributed by atoms with Crippen LogP contribution in [0.4, 0.5) is 0 Å². The summed E-state index contributed by atoms with van der Waals surface area (Å²) in [5.74, 6) is -0.210. The highest BCUT2D eigenvalue weighted by Crippen LogP contribution is 2.38. The average molecular weight is 521 g/mol. The lowest BCUT2D eigenvalue weighted by Crippen LogP contribution is -2.66. The van der Waals surface area contributed by atoms with Crippen molar-refractivity contribution in [1.82, 2.24) is 14.5 Å². The maximum atomic E-state index is 13.7. The number of rotatable bonds is 4. The van der Waals surface area contributed by atoms with E-state index >= 15 is 0 Å². The number of aromatic hydroxyl groups is 1. The van der Waals surface area contributed by atoms with Gasteiger partial charge >= 0.3 is 0 Å². The first kappa shape index (κ1) is 25.4. The molecule has 37 heavy (non-hydrogen) atoms. The number of aryl methyl sites for hydroxylation is 2. The van der Waals surface area contributed by atoms with E-state index in [1.807, 2.05) is 4.90 Å². The van der Waals surface area contributed by atoms with Gasteiger partial charge in [0.1, 0.15) is 6.67 Å². The van der Waals surface area contributed by atoms with E-state index in [2.05, 4.69) is 72.3 Å². The van der Waals surface area contributed by atoms with E-state index < -0.39 is 11.2 Å². The Hall–Kier alpha value is -3.29. The summed E-state index contributed by atoms with van der Waals surface area (Å²) in [5, 5.41) is 13.0. The summed E-state index contributed by atoms with van der Waals surface area (Å²) in [7, 11) is 0. The van der Waals surface area contributed by atoms with Crippen LogP contribution in [0.1, 0.15) is 52.6 Å². The van der Waals surface area contributed by atoms with E-state index in [4.69, 9.17) is 0 Å². The summed E-state index contributed by atoms with van der Waals surface area (Å²) in [6.07, 6.45) is 3.51. The summed E-state index contributed by atoms with van der Waals surface area (Å²) in [6.45, 7) is 7.36. The number of carbonyl (C=O) groups excluding carboxylic acids is 1. The Morgan fingerprint density at radius 2 is 1.51 bits per heavy atom. The minimum atomic E-state index is -0.534. The number of halogens is 1. The van der Waals surface area contributed by atoms with Gasteiger partial charge in [0.2, 0.25) is 5.43 Å². The molecule has 0 saturated carbocycles. The van der Waals surface area contributed by atoms with Crippen LogP contribution in [-0.2, 0) is 12.8 Å². The van der Waals surface area contributed by atoms with Crippen LogP contribution in [0.2, 0.25) is 0 Å². The molecule has 1 fully saturated rings. The van der Waals surface area contributed by atoms with Gasteiger partial charge in [0.25, 0.3) is 5.91 Å². The molecule has 194 valence electrons. The van der Waals surface area contributed by atoms with E-state index in [-0.39, 0.29) is 36.1 Å². The van der Waals surface area contributed by atoms with Crippen LogP contribution in [0, 0.1) is 5.92 Å². The second-order valence-electron chi connectivity index (χ2n) is 10.6. The Kier molecular flexibility index (Phi) is 6.77. The molecular weight excluding hydrogens is 488 g/mol. The predicted molar refractivity (Wildman–Crippen MR) is 146 cm³/mol. The molecule has 8 heteroatoms. The number of nitrogens with zero attached hydrogens (tertiary/aromatic N) is 4. The van der Waals surface area contributed by atoms with Gasteiger partial charge in [-0.2, -0.15) is 0 Å². The summed E-state index contributed by atoms with van der Waals surface area (Å²) >= 11 is 0. The summed E-state index contributed by atoms with van der Waals surface area (Å²) in [4.78, 5) is 30.4. The average Bonchev–Trinajstić information content (AvgIpc) is 3.01. The van der Waals surface area contributed by atoms with Crippen LogP contribution < -0.4 is 10.4 Å². The number of pyridine rings is 1. The van der Waals surface area contributed by atoms with E-state index in [9.17, 15) is 14.7 Å². The minimum absolute atomic E-state index is 0. The fourth-order valence-electron chi connectivity index (χ4n) is 6.06. The fraction of sp³-hybridized carbons (Fsp3) is 0.379. The van der Waals surface area contributed by atoms with Crippen LogP contribution in [0.3, 0.4) is 0 Å². The number of hydrogen-bond acceptors (Lipinski definition) is 5. The van der Waals surface area contributed by atoms with Gasteiger partial charge in [0, 0.05) is 31.9 Å². The van der Waals surface area contributed by atoms with Gasteiger partial charge in [-0.15, -0.1) is 12.4 Å².